The van der Waals surface area contributed by atoms with Gasteiger partial charge in [-0.2, -0.15) is 13.2 Å². The van der Waals surface area contributed by atoms with Crippen LogP contribution in [0.3, 0.4) is 0 Å². The summed E-state index contributed by atoms with van der Waals surface area (Å²) in [7, 11) is 0. The van der Waals surface area contributed by atoms with Crippen molar-refractivity contribution in [2.24, 2.45) is 0 Å². The first kappa shape index (κ1) is 11.6. The van der Waals surface area contributed by atoms with Crippen LogP contribution in [-0.4, -0.2) is 24.4 Å². The molecule has 0 fully saturated rings. The van der Waals surface area contributed by atoms with Crippen molar-refractivity contribution in [3.63, 3.8) is 0 Å². The van der Waals surface area contributed by atoms with Gasteiger partial charge in [0.15, 0.2) is 5.78 Å². The van der Waals surface area contributed by atoms with Crippen molar-refractivity contribution in [3.8, 4) is 0 Å². The van der Waals surface area contributed by atoms with Crippen LogP contribution >= 0.6 is 0 Å². The maximum Gasteiger partial charge on any atom is 0.471 e. The van der Waals surface area contributed by atoms with Gasteiger partial charge in [-0.05, 0) is 18.6 Å². The Morgan fingerprint density at radius 2 is 2.00 bits per heavy atom. The molecule has 0 bridgehead atoms. The summed E-state index contributed by atoms with van der Waals surface area (Å²) in [5.74, 6) is -2.47. The third-order valence-electron chi connectivity index (χ3n) is 2.60. The van der Waals surface area contributed by atoms with Crippen molar-refractivity contribution < 1.29 is 22.8 Å². The van der Waals surface area contributed by atoms with Crippen LogP contribution < -0.4 is 4.90 Å². The fourth-order valence-corrected chi connectivity index (χ4v) is 1.88. The summed E-state index contributed by atoms with van der Waals surface area (Å²) in [5.41, 5.74) is 0.716. The van der Waals surface area contributed by atoms with Gasteiger partial charge in [0.1, 0.15) is 0 Å². The van der Waals surface area contributed by atoms with Crippen molar-refractivity contribution in [2.75, 3.05) is 11.4 Å². The molecule has 0 radical (unpaired) electrons. The lowest BCUT2D eigenvalue weighted by molar-refractivity contribution is -0.170. The van der Waals surface area contributed by atoms with E-state index in [2.05, 4.69) is 0 Å². The number of halogens is 3. The molecule has 1 amide bonds. The Balaban J connectivity index is 2.51. The van der Waals surface area contributed by atoms with Gasteiger partial charge in [0.2, 0.25) is 0 Å². The van der Waals surface area contributed by atoms with E-state index < -0.39 is 24.4 Å². The van der Waals surface area contributed by atoms with E-state index in [4.69, 9.17) is 0 Å². The average molecular weight is 243 g/mol. The number of nitrogens with zero attached hydrogens (tertiary/aromatic N) is 1. The first-order chi connectivity index (χ1) is 7.82. The monoisotopic (exact) mass is 243 g/mol. The molecule has 1 aromatic carbocycles. The molecular weight excluding hydrogens is 235 g/mol. The van der Waals surface area contributed by atoms with Gasteiger partial charge in [-0.3, -0.25) is 14.5 Å². The summed E-state index contributed by atoms with van der Waals surface area (Å²) < 4.78 is 37.1. The molecular formula is C11H8F3NO2. The summed E-state index contributed by atoms with van der Waals surface area (Å²) in [4.78, 5) is 23.2. The van der Waals surface area contributed by atoms with Crippen LogP contribution in [0.2, 0.25) is 0 Å². The Kier molecular flexibility index (Phi) is 2.45. The summed E-state index contributed by atoms with van der Waals surface area (Å²) in [6, 6.07) is 4.57. The van der Waals surface area contributed by atoms with E-state index in [-0.39, 0.29) is 11.3 Å². The Morgan fingerprint density at radius 1 is 1.35 bits per heavy atom. The van der Waals surface area contributed by atoms with Crippen LogP contribution in [0.15, 0.2) is 18.2 Å². The summed E-state index contributed by atoms with van der Waals surface area (Å²) in [6.07, 6.45) is -4.97. The zero-order chi connectivity index (χ0) is 12.8. The number of para-hydroxylation sites is 1. The number of amides is 1. The van der Waals surface area contributed by atoms with Gasteiger partial charge >= 0.3 is 12.1 Å². The highest BCUT2D eigenvalue weighted by Gasteiger charge is 2.46. The number of alkyl halides is 3. The highest BCUT2D eigenvalue weighted by atomic mass is 19.4. The first-order valence-corrected chi connectivity index (χ1v) is 4.84. The van der Waals surface area contributed by atoms with Crippen molar-refractivity contribution in [2.45, 2.75) is 13.1 Å². The van der Waals surface area contributed by atoms with Gasteiger partial charge < -0.3 is 0 Å². The van der Waals surface area contributed by atoms with Crippen LogP contribution in [0.5, 0.6) is 0 Å². The summed E-state index contributed by atoms with van der Waals surface area (Å²) >= 11 is 0. The number of hydrogen-bond acceptors (Lipinski definition) is 2. The van der Waals surface area contributed by atoms with Gasteiger partial charge in [0.25, 0.3) is 0 Å². The van der Waals surface area contributed by atoms with E-state index in [0.29, 0.717) is 10.5 Å². The predicted molar refractivity (Wildman–Crippen MR) is 53.9 cm³/mol. The lowest BCUT2D eigenvalue weighted by Crippen LogP contribution is -2.41. The van der Waals surface area contributed by atoms with Crippen molar-refractivity contribution in [3.05, 3.63) is 29.3 Å². The minimum Gasteiger partial charge on any atom is -0.296 e. The SMILES string of the molecule is Cc1cccc2c1N(C(=O)C(F)(F)F)CC2=O. The van der Waals surface area contributed by atoms with Crippen LogP contribution in [0.1, 0.15) is 15.9 Å². The quantitative estimate of drug-likeness (QED) is 0.699. The molecule has 0 spiro atoms. The Hall–Kier alpha value is -1.85. The molecule has 1 aliphatic heterocycles. The standard InChI is InChI=1S/C11H8F3NO2/c1-6-3-2-4-7-8(16)5-15(9(6)7)10(17)11(12,13)14/h2-4H,5H2,1H3. The number of fused-ring (bicyclic) bond motifs is 1. The molecule has 0 N–H and O–H groups in total. The van der Waals surface area contributed by atoms with E-state index >= 15 is 0 Å². The molecule has 0 saturated heterocycles. The topological polar surface area (TPSA) is 37.4 Å². The second kappa shape index (κ2) is 3.58. The zero-order valence-corrected chi connectivity index (χ0v) is 8.84. The molecule has 0 aliphatic carbocycles. The molecule has 3 nitrogen and oxygen atoms in total. The number of Topliss-reactive ketones (excluding diaryl/α,β-unsaturated/α-hetero) is 1. The predicted octanol–water partition coefficient (Wildman–Crippen LogP) is 2.09. The van der Waals surface area contributed by atoms with Crippen molar-refractivity contribution in [1.29, 1.82) is 0 Å². The molecule has 1 aliphatic rings. The first-order valence-electron chi connectivity index (χ1n) is 4.84. The number of aryl methyl sites for hydroxylation is 1. The molecule has 0 saturated carbocycles. The van der Waals surface area contributed by atoms with E-state index in [1.807, 2.05) is 0 Å². The van der Waals surface area contributed by atoms with E-state index in [1.54, 1.807) is 19.1 Å². The third-order valence-corrected chi connectivity index (χ3v) is 2.60. The number of carbonyl (C=O) groups is 2. The van der Waals surface area contributed by atoms with E-state index in [9.17, 15) is 22.8 Å². The van der Waals surface area contributed by atoms with Crippen molar-refractivity contribution in [1.82, 2.24) is 0 Å². The smallest absolute Gasteiger partial charge is 0.296 e. The summed E-state index contributed by atoms with van der Waals surface area (Å²) in [6.45, 7) is 1.02. The van der Waals surface area contributed by atoms with Crippen LogP contribution in [0.25, 0.3) is 0 Å². The Bertz CT molecular complexity index is 508. The molecule has 1 aromatic rings. The molecule has 90 valence electrons. The van der Waals surface area contributed by atoms with Crippen LogP contribution in [-0.2, 0) is 4.79 Å². The van der Waals surface area contributed by atoms with Gasteiger partial charge in [0, 0.05) is 5.56 Å². The minimum atomic E-state index is -4.97. The number of hydrogen-bond donors (Lipinski definition) is 0. The molecule has 6 heteroatoms. The molecule has 0 aromatic heterocycles. The summed E-state index contributed by atoms with van der Waals surface area (Å²) in [5, 5.41) is 0. The Morgan fingerprint density at radius 3 is 2.59 bits per heavy atom. The molecule has 17 heavy (non-hydrogen) atoms. The van der Waals surface area contributed by atoms with Gasteiger partial charge in [-0.1, -0.05) is 12.1 Å². The average Bonchev–Trinajstić information content (AvgIpc) is 2.55. The van der Waals surface area contributed by atoms with Gasteiger partial charge in [0.05, 0.1) is 12.2 Å². The zero-order valence-electron chi connectivity index (χ0n) is 8.84. The minimum absolute atomic E-state index is 0.0693. The third kappa shape index (κ3) is 1.79. The fourth-order valence-electron chi connectivity index (χ4n) is 1.88. The maximum absolute atomic E-state index is 12.4. The molecule has 1 heterocycles. The number of benzene rings is 1. The number of ketones is 1. The van der Waals surface area contributed by atoms with Crippen LogP contribution in [0, 0.1) is 6.92 Å². The maximum atomic E-state index is 12.4. The fraction of sp³-hybridized carbons (Fsp3) is 0.273. The van der Waals surface area contributed by atoms with Gasteiger partial charge in [-0.15, -0.1) is 0 Å². The largest absolute Gasteiger partial charge is 0.471 e. The number of carbonyl (C=O) groups excluding carboxylic acids is 2. The van der Waals surface area contributed by atoms with Crippen molar-refractivity contribution >= 4 is 17.4 Å². The highest BCUT2D eigenvalue weighted by Crippen LogP contribution is 2.34. The number of anilines is 1. The van der Waals surface area contributed by atoms with E-state index in [0.717, 1.165) is 0 Å². The van der Waals surface area contributed by atoms with Gasteiger partial charge in [-0.25, -0.2) is 0 Å². The van der Waals surface area contributed by atoms with Crippen LogP contribution in [0.4, 0.5) is 18.9 Å². The second-order valence-electron chi connectivity index (χ2n) is 3.78. The number of rotatable bonds is 0. The van der Waals surface area contributed by atoms with E-state index in [1.165, 1.54) is 6.07 Å². The lowest BCUT2D eigenvalue weighted by atomic mass is 10.1. The normalized spacial score (nSPS) is 15.1. The molecule has 0 unspecified atom stereocenters. The lowest BCUT2D eigenvalue weighted by Gasteiger charge is -2.19. The second-order valence-corrected chi connectivity index (χ2v) is 3.78. The highest BCUT2D eigenvalue weighted by molar-refractivity contribution is 6.17. The molecule has 2 rings (SSSR count). The Labute approximate surface area is 94.8 Å². The molecule has 0 atom stereocenters.